The maximum absolute atomic E-state index is 11.7. The molecule has 3 aliphatic carbocycles. The summed E-state index contributed by atoms with van der Waals surface area (Å²) >= 11 is 6.11. The molecule has 116 valence electrons. The lowest BCUT2D eigenvalue weighted by Crippen LogP contribution is -2.55. The van der Waals surface area contributed by atoms with Crippen LogP contribution < -0.4 is 5.32 Å². The first-order chi connectivity index (χ1) is 10.1. The summed E-state index contributed by atoms with van der Waals surface area (Å²) in [6.45, 7) is 2.46. The Bertz CT molecular complexity index is 488. The van der Waals surface area contributed by atoms with Gasteiger partial charge >= 0.3 is 0 Å². The fourth-order valence-corrected chi connectivity index (χ4v) is 6.70. The Kier molecular flexibility index (Phi) is 3.37. The van der Waals surface area contributed by atoms with Crippen molar-refractivity contribution in [1.82, 2.24) is 5.32 Å². The quantitative estimate of drug-likeness (QED) is 0.712. The van der Waals surface area contributed by atoms with E-state index in [0.29, 0.717) is 11.5 Å². The lowest BCUT2D eigenvalue weighted by molar-refractivity contribution is -0.127. The molecule has 6 atom stereocenters. The Morgan fingerprint density at radius 3 is 2.76 bits per heavy atom. The van der Waals surface area contributed by atoms with E-state index in [9.17, 15) is 4.79 Å². The highest BCUT2D eigenvalue weighted by Gasteiger charge is 2.55. The van der Waals surface area contributed by atoms with Crippen LogP contribution in [0.4, 0.5) is 0 Å². The molecule has 0 bridgehead atoms. The minimum absolute atomic E-state index is 0.281. The van der Waals surface area contributed by atoms with Crippen LogP contribution in [0.15, 0.2) is 11.1 Å². The normalized spacial score (nSPS) is 51.0. The smallest absolute Gasteiger partial charge is 0.220 e. The first-order valence-corrected chi connectivity index (χ1v) is 9.16. The van der Waals surface area contributed by atoms with E-state index < -0.39 is 0 Å². The summed E-state index contributed by atoms with van der Waals surface area (Å²) in [6, 6.07) is 0.473. The van der Waals surface area contributed by atoms with E-state index in [1.165, 1.54) is 44.1 Å². The van der Waals surface area contributed by atoms with Gasteiger partial charge in [-0.15, -0.1) is 0 Å². The zero-order valence-corrected chi connectivity index (χ0v) is 13.7. The second kappa shape index (κ2) is 5.01. The van der Waals surface area contributed by atoms with E-state index in [0.717, 1.165) is 36.5 Å². The lowest BCUT2D eigenvalue weighted by atomic mass is 9.52. The number of piperidine rings is 1. The third-order valence-corrected chi connectivity index (χ3v) is 7.66. The van der Waals surface area contributed by atoms with Crippen molar-refractivity contribution in [3.8, 4) is 0 Å². The van der Waals surface area contributed by atoms with Gasteiger partial charge in [0.1, 0.15) is 0 Å². The van der Waals surface area contributed by atoms with Crippen LogP contribution in [0.2, 0.25) is 0 Å². The van der Waals surface area contributed by atoms with Crippen molar-refractivity contribution in [3.05, 3.63) is 11.1 Å². The van der Waals surface area contributed by atoms with Gasteiger partial charge in [-0.1, -0.05) is 24.1 Å². The molecule has 2 nitrogen and oxygen atoms in total. The molecule has 0 aromatic heterocycles. The summed E-state index contributed by atoms with van der Waals surface area (Å²) in [6.07, 6.45) is 9.56. The number of halogens is 1. The Hall–Kier alpha value is -0.500. The lowest BCUT2D eigenvalue weighted by Gasteiger charge is -2.54. The predicted octanol–water partition coefficient (Wildman–Crippen LogP) is 4.24. The highest BCUT2D eigenvalue weighted by atomic mass is 35.5. The molecule has 0 aromatic carbocycles. The Labute approximate surface area is 132 Å². The van der Waals surface area contributed by atoms with Crippen LogP contribution in [0.1, 0.15) is 58.3 Å². The Balaban J connectivity index is 1.59. The van der Waals surface area contributed by atoms with Crippen LogP contribution in [0.3, 0.4) is 0 Å². The maximum Gasteiger partial charge on any atom is 0.220 e. The van der Waals surface area contributed by atoms with Crippen LogP contribution in [-0.2, 0) is 4.79 Å². The molecule has 4 aliphatic rings. The molecule has 0 unspecified atom stereocenters. The number of amides is 1. The van der Waals surface area contributed by atoms with Crippen LogP contribution in [0.25, 0.3) is 0 Å². The van der Waals surface area contributed by atoms with Gasteiger partial charge in [-0.25, -0.2) is 0 Å². The largest absolute Gasteiger partial charge is 0.353 e. The van der Waals surface area contributed by atoms with Gasteiger partial charge in [0.2, 0.25) is 5.91 Å². The summed E-state index contributed by atoms with van der Waals surface area (Å²) in [4.78, 5) is 11.7. The number of hydrogen-bond donors (Lipinski definition) is 1. The van der Waals surface area contributed by atoms with Crippen LogP contribution in [-0.4, -0.2) is 11.9 Å². The zero-order chi connectivity index (χ0) is 14.6. The summed E-state index contributed by atoms with van der Waals surface area (Å²) < 4.78 is 0. The average molecular weight is 308 g/mol. The molecule has 4 rings (SSSR count). The minimum atomic E-state index is 0.281. The van der Waals surface area contributed by atoms with Gasteiger partial charge in [-0.05, 0) is 74.0 Å². The third kappa shape index (κ3) is 2.01. The molecule has 1 amide bonds. The fourth-order valence-electron chi connectivity index (χ4n) is 6.35. The van der Waals surface area contributed by atoms with Crippen LogP contribution >= 0.6 is 11.6 Å². The van der Waals surface area contributed by atoms with Gasteiger partial charge in [0.05, 0.1) is 0 Å². The molecule has 1 saturated heterocycles. The van der Waals surface area contributed by atoms with Crippen molar-refractivity contribution in [1.29, 1.82) is 0 Å². The number of allylic oxidation sites excluding steroid dienone is 1. The summed E-state index contributed by atoms with van der Waals surface area (Å²) in [5, 5.41) is 3.27. The number of nitrogens with one attached hydrogen (secondary N) is 1. The summed E-state index contributed by atoms with van der Waals surface area (Å²) in [7, 11) is 0. The van der Waals surface area contributed by atoms with Gasteiger partial charge in [0.15, 0.2) is 0 Å². The van der Waals surface area contributed by atoms with E-state index in [4.69, 9.17) is 11.6 Å². The Morgan fingerprint density at radius 2 is 1.95 bits per heavy atom. The standard InChI is InChI=1S/C18H26ClNO/c1-18-9-8-12-13(15(18)5-2-11(18)10-19)3-6-16-14(12)4-7-17(21)20-16/h10,12-16H,2-9H2,1H3,(H,20,21)/t12-,13+,14+,15-,16+,18+/m0/s1. The van der Waals surface area contributed by atoms with E-state index in [2.05, 4.69) is 12.2 Å². The Morgan fingerprint density at radius 1 is 1.10 bits per heavy atom. The van der Waals surface area contributed by atoms with Crippen molar-refractivity contribution in [2.24, 2.45) is 29.1 Å². The molecule has 4 fully saturated rings. The molecule has 1 heterocycles. The first kappa shape index (κ1) is 14.1. The van der Waals surface area contributed by atoms with E-state index in [1.807, 2.05) is 5.54 Å². The molecule has 3 saturated carbocycles. The number of rotatable bonds is 0. The van der Waals surface area contributed by atoms with Crippen LogP contribution in [0.5, 0.6) is 0 Å². The molecule has 1 N–H and O–H groups in total. The molecule has 0 spiro atoms. The molecule has 0 radical (unpaired) electrons. The van der Waals surface area contributed by atoms with Gasteiger partial charge in [0.25, 0.3) is 0 Å². The second-order valence-electron chi connectivity index (χ2n) is 8.02. The SMILES string of the molecule is C[C@]12CC[C@@H]3[C@H]4CCC(=O)N[C@@H]4CC[C@H]3[C@@H]1CCC2=CCl. The summed E-state index contributed by atoms with van der Waals surface area (Å²) in [5.41, 5.74) is 3.76. The number of hydrogen-bond acceptors (Lipinski definition) is 1. The van der Waals surface area contributed by atoms with E-state index >= 15 is 0 Å². The van der Waals surface area contributed by atoms with Crippen molar-refractivity contribution < 1.29 is 4.79 Å². The second-order valence-corrected chi connectivity index (χ2v) is 8.24. The molecular formula is C18H26ClNO. The van der Waals surface area contributed by atoms with Crippen molar-refractivity contribution in [3.63, 3.8) is 0 Å². The van der Waals surface area contributed by atoms with Gasteiger partial charge < -0.3 is 5.32 Å². The topological polar surface area (TPSA) is 29.1 Å². The van der Waals surface area contributed by atoms with Gasteiger partial charge in [-0.3, -0.25) is 4.79 Å². The molecule has 1 aliphatic heterocycles. The molecule has 0 aromatic rings. The number of fused-ring (bicyclic) bond motifs is 5. The molecule has 21 heavy (non-hydrogen) atoms. The van der Waals surface area contributed by atoms with Crippen molar-refractivity contribution in [2.45, 2.75) is 64.3 Å². The highest BCUT2D eigenvalue weighted by molar-refractivity contribution is 6.25. The highest BCUT2D eigenvalue weighted by Crippen LogP contribution is 2.62. The van der Waals surface area contributed by atoms with Crippen molar-refractivity contribution in [2.75, 3.05) is 0 Å². The maximum atomic E-state index is 11.7. The molecule has 3 heteroatoms. The number of carbonyl (C=O) groups is 1. The monoisotopic (exact) mass is 307 g/mol. The van der Waals surface area contributed by atoms with E-state index in [1.54, 1.807) is 0 Å². The zero-order valence-electron chi connectivity index (χ0n) is 12.9. The average Bonchev–Trinajstić information content (AvgIpc) is 2.83. The minimum Gasteiger partial charge on any atom is -0.353 e. The van der Waals surface area contributed by atoms with Gasteiger partial charge in [0, 0.05) is 18.0 Å². The summed E-state index contributed by atoms with van der Waals surface area (Å²) in [5.74, 6) is 3.57. The molecular weight excluding hydrogens is 282 g/mol. The van der Waals surface area contributed by atoms with E-state index in [-0.39, 0.29) is 5.91 Å². The number of carbonyl (C=O) groups excluding carboxylic acids is 1. The first-order valence-electron chi connectivity index (χ1n) is 8.72. The fraction of sp³-hybridized carbons (Fsp3) is 0.833. The van der Waals surface area contributed by atoms with Gasteiger partial charge in [-0.2, -0.15) is 0 Å². The van der Waals surface area contributed by atoms with Crippen molar-refractivity contribution >= 4 is 17.5 Å². The third-order valence-electron chi connectivity index (χ3n) is 7.40. The predicted molar refractivity (Wildman–Crippen MR) is 84.9 cm³/mol. The van der Waals surface area contributed by atoms with Crippen LogP contribution in [0, 0.1) is 29.1 Å².